The van der Waals surface area contributed by atoms with Crippen LogP contribution in [0.5, 0.6) is 0 Å². The van der Waals surface area contributed by atoms with Crippen molar-refractivity contribution in [3.63, 3.8) is 0 Å². The van der Waals surface area contributed by atoms with E-state index in [-0.39, 0.29) is 0 Å². The van der Waals surface area contributed by atoms with Crippen molar-refractivity contribution in [2.24, 2.45) is 5.73 Å². The van der Waals surface area contributed by atoms with E-state index in [2.05, 4.69) is 27.5 Å². The third-order valence-corrected chi connectivity index (χ3v) is 5.93. The molecule has 0 atom stereocenters. The average molecular weight is 359 g/mol. The van der Waals surface area contributed by atoms with E-state index in [1.807, 2.05) is 30.0 Å². The lowest BCUT2D eigenvalue weighted by molar-refractivity contribution is 0.640. The lowest BCUT2D eigenvalue weighted by atomic mass is 10.1. The molecule has 0 spiro atoms. The van der Waals surface area contributed by atoms with Gasteiger partial charge in [-0.15, -0.1) is 0 Å². The van der Waals surface area contributed by atoms with E-state index in [9.17, 15) is 0 Å². The van der Waals surface area contributed by atoms with Gasteiger partial charge in [0, 0.05) is 27.0 Å². The number of hydrogen-bond donors (Lipinski definition) is 2. The third-order valence-electron chi connectivity index (χ3n) is 3.80. The Bertz CT molecular complexity index is 471. The Morgan fingerprint density at radius 1 is 1.47 bits per heavy atom. The van der Waals surface area contributed by atoms with Gasteiger partial charge in [0.1, 0.15) is 4.99 Å². The molecule has 1 saturated carbocycles. The first-order chi connectivity index (χ1) is 9.06. The Morgan fingerprint density at radius 3 is 2.74 bits per heavy atom. The van der Waals surface area contributed by atoms with E-state index in [4.69, 9.17) is 18.0 Å². The Hall–Kier alpha value is -0.260. The number of hydrogen-bond acceptors (Lipinski definition) is 3. The highest BCUT2D eigenvalue weighted by Crippen LogP contribution is 2.40. The van der Waals surface area contributed by atoms with Gasteiger partial charge in [-0.05, 0) is 37.3 Å². The molecule has 5 heteroatoms. The number of thiocarbonyl (C=S) groups is 1. The number of benzene rings is 1. The third kappa shape index (κ3) is 3.64. The zero-order valence-corrected chi connectivity index (χ0v) is 14.3. The average Bonchev–Trinajstić information content (AvgIpc) is 2.86. The van der Waals surface area contributed by atoms with Gasteiger partial charge in [-0.1, -0.05) is 41.0 Å². The number of nitrogens with one attached hydrogen (secondary N) is 1. The van der Waals surface area contributed by atoms with Gasteiger partial charge in [0.15, 0.2) is 0 Å². The van der Waals surface area contributed by atoms with Gasteiger partial charge < -0.3 is 11.1 Å². The second kappa shape index (κ2) is 6.46. The fourth-order valence-electron chi connectivity index (χ4n) is 2.60. The zero-order chi connectivity index (χ0) is 13.9. The summed E-state index contributed by atoms with van der Waals surface area (Å²) in [5.74, 6) is 0. The molecule has 0 radical (unpaired) electrons. The second-order valence-electron chi connectivity index (χ2n) is 5.00. The molecule has 1 aromatic rings. The topological polar surface area (TPSA) is 38.0 Å². The van der Waals surface area contributed by atoms with E-state index in [0.717, 1.165) is 22.3 Å². The largest absolute Gasteiger partial charge is 0.389 e. The Kier molecular flexibility index (Phi) is 5.15. The molecule has 0 heterocycles. The highest BCUT2D eigenvalue weighted by molar-refractivity contribution is 9.10. The van der Waals surface area contributed by atoms with Gasteiger partial charge in [-0.3, -0.25) is 0 Å². The first kappa shape index (κ1) is 15.1. The van der Waals surface area contributed by atoms with Gasteiger partial charge in [-0.25, -0.2) is 0 Å². The molecule has 2 rings (SSSR count). The van der Waals surface area contributed by atoms with Crippen molar-refractivity contribution >= 4 is 50.6 Å². The molecule has 1 aliphatic rings. The van der Waals surface area contributed by atoms with Crippen molar-refractivity contribution in [2.75, 3.05) is 18.1 Å². The van der Waals surface area contributed by atoms with Crippen molar-refractivity contribution in [3.05, 3.63) is 28.2 Å². The molecule has 0 aromatic heterocycles. The summed E-state index contributed by atoms with van der Waals surface area (Å²) in [6, 6.07) is 6.04. The summed E-state index contributed by atoms with van der Waals surface area (Å²) in [6.07, 6.45) is 7.47. The lowest BCUT2D eigenvalue weighted by Crippen LogP contribution is -2.30. The van der Waals surface area contributed by atoms with Crippen LogP contribution in [-0.4, -0.2) is 22.5 Å². The summed E-state index contributed by atoms with van der Waals surface area (Å²) < 4.78 is 1.38. The van der Waals surface area contributed by atoms with Crippen LogP contribution in [0.4, 0.5) is 5.69 Å². The highest BCUT2D eigenvalue weighted by Gasteiger charge is 2.32. The van der Waals surface area contributed by atoms with E-state index in [1.165, 1.54) is 25.7 Å². The minimum absolute atomic E-state index is 0.376. The molecule has 0 aliphatic heterocycles. The van der Waals surface area contributed by atoms with E-state index < -0.39 is 0 Å². The fourth-order valence-corrected chi connectivity index (χ4v) is 4.05. The summed E-state index contributed by atoms with van der Waals surface area (Å²) in [5.41, 5.74) is 7.75. The van der Waals surface area contributed by atoms with Crippen molar-refractivity contribution in [1.29, 1.82) is 0 Å². The minimum atomic E-state index is 0.376. The quantitative estimate of drug-likeness (QED) is 0.774. The smallest absolute Gasteiger partial charge is 0.106 e. The summed E-state index contributed by atoms with van der Waals surface area (Å²) in [4.78, 5) is 0.438. The number of thioether (sulfide) groups is 1. The summed E-state index contributed by atoms with van der Waals surface area (Å²) in [6.45, 7) is 0.978. The summed E-state index contributed by atoms with van der Waals surface area (Å²) >= 11 is 10.6. The number of anilines is 1. The molecule has 3 N–H and O–H groups in total. The highest BCUT2D eigenvalue weighted by atomic mass is 79.9. The van der Waals surface area contributed by atoms with Gasteiger partial charge in [0.05, 0.1) is 0 Å². The molecular weight excluding hydrogens is 340 g/mol. The van der Waals surface area contributed by atoms with Crippen molar-refractivity contribution in [3.8, 4) is 0 Å². The first-order valence-electron chi connectivity index (χ1n) is 6.45. The maximum absolute atomic E-state index is 5.80. The number of halogens is 1. The molecule has 0 bridgehead atoms. The Balaban J connectivity index is 2.13. The van der Waals surface area contributed by atoms with Crippen LogP contribution >= 0.6 is 39.9 Å². The molecule has 0 saturated heterocycles. The molecule has 104 valence electrons. The Labute approximate surface area is 133 Å². The van der Waals surface area contributed by atoms with E-state index in [0.29, 0.717) is 9.74 Å². The lowest BCUT2D eigenvalue weighted by Gasteiger charge is -2.28. The van der Waals surface area contributed by atoms with Gasteiger partial charge in [0.25, 0.3) is 0 Å². The van der Waals surface area contributed by atoms with Gasteiger partial charge in [0.2, 0.25) is 0 Å². The maximum atomic E-state index is 5.80. The normalized spacial score (nSPS) is 17.4. The van der Waals surface area contributed by atoms with Crippen LogP contribution in [0.15, 0.2) is 22.7 Å². The number of rotatable bonds is 5. The predicted octanol–water partition coefficient (Wildman–Crippen LogP) is 4.17. The predicted molar refractivity (Wildman–Crippen MR) is 93.2 cm³/mol. The van der Waals surface area contributed by atoms with Gasteiger partial charge >= 0.3 is 0 Å². The van der Waals surface area contributed by atoms with Crippen LogP contribution < -0.4 is 11.1 Å². The molecule has 2 nitrogen and oxygen atoms in total. The van der Waals surface area contributed by atoms with Crippen LogP contribution in [-0.2, 0) is 0 Å². The van der Waals surface area contributed by atoms with Crippen LogP contribution in [0.25, 0.3) is 0 Å². The molecule has 0 unspecified atom stereocenters. The second-order valence-corrected chi connectivity index (χ2v) is 7.63. The molecule has 1 fully saturated rings. The van der Waals surface area contributed by atoms with Crippen molar-refractivity contribution in [1.82, 2.24) is 0 Å². The summed E-state index contributed by atoms with van der Waals surface area (Å²) in [5, 5.41) is 3.55. The van der Waals surface area contributed by atoms with Crippen LogP contribution in [0.1, 0.15) is 31.2 Å². The van der Waals surface area contributed by atoms with Crippen molar-refractivity contribution < 1.29 is 0 Å². The molecule has 19 heavy (non-hydrogen) atoms. The Morgan fingerprint density at radius 2 is 2.16 bits per heavy atom. The minimum Gasteiger partial charge on any atom is -0.389 e. The standard InChI is InChI=1S/C14H19BrN2S2/c1-19-14(6-2-3-7-14)9-17-12-5-4-10(15)8-11(12)13(16)18/h4-5,8,17H,2-3,6-7,9H2,1H3,(H2,16,18). The van der Waals surface area contributed by atoms with Crippen LogP contribution in [0, 0.1) is 0 Å². The monoisotopic (exact) mass is 358 g/mol. The first-order valence-corrected chi connectivity index (χ1v) is 8.87. The van der Waals surface area contributed by atoms with Crippen LogP contribution in [0.3, 0.4) is 0 Å². The maximum Gasteiger partial charge on any atom is 0.106 e. The zero-order valence-electron chi connectivity index (χ0n) is 11.0. The number of nitrogens with two attached hydrogens (primary N) is 1. The molecular formula is C14H19BrN2S2. The van der Waals surface area contributed by atoms with Gasteiger partial charge in [-0.2, -0.15) is 11.8 Å². The summed E-state index contributed by atoms with van der Waals surface area (Å²) in [7, 11) is 0. The molecule has 0 amide bonds. The molecule has 1 aliphatic carbocycles. The molecule has 1 aromatic carbocycles. The van der Waals surface area contributed by atoms with Crippen molar-refractivity contribution in [2.45, 2.75) is 30.4 Å². The fraction of sp³-hybridized carbons (Fsp3) is 0.500. The van der Waals surface area contributed by atoms with Crippen LogP contribution in [0.2, 0.25) is 0 Å². The SMILES string of the molecule is CSC1(CNc2ccc(Br)cc2C(N)=S)CCCC1. The van der Waals surface area contributed by atoms with E-state index >= 15 is 0 Å². The van der Waals surface area contributed by atoms with E-state index in [1.54, 1.807) is 0 Å².